The molecule has 0 saturated heterocycles. The van der Waals surface area contributed by atoms with E-state index in [9.17, 15) is 0 Å². The summed E-state index contributed by atoms with van der Waals surface area (Å²) in [6.07, 6.45) is 1.06. The van der Waals surface area contributed by atoms with E-state index < -0.39 is 8.56 Å². The second kappa shape index (κ2) is 7.15. The summed E-state index contributed by atoms with van der Waals surface area (Å²) in [5, 5.41) is 0. The summed E-state index contributed by atoms with van der Waals surface area (Å²) < 4.78 is 11.0. The fraction of sp³-hybridized carbons (Fsp3) is 0.900. The van der Waals surface area contributed by atoms with Crippen molar-refractivity contribution in [3.05, 3.63) is 0 Å². The van der Waals surface area contributed by atoms with E-state index in [1.807, 2.05) is 13.8 Å². The third-order valence-electron chi connectivity index (χ3n) is 2.43. The molecule has 3 nitrogen and oxygen atoms in total. The first-order valence-electron chi connectivity index (χ1n) is 5.18. The maximum atomic E-state index is 5.51. The van der Waals surface area contributed by atoms with E-state index in [0.717, 1.165) is 30.8 Å². The Bertz CT molecular complexity index is 167. The molecule has 0 aliphatic heterocycles. The smallest absolute Gasteiger partial charge is 0.337 e. The van der Waals surface area contributed by atoms with Crippen molar-refractivity contribution in [2.45, 2.75) is 39.3 Å². The van der Waals surface area contributed by atoms with Gasteiger partial charge in [-0.2, -0.15) is 0 Å². The number of nitrogens with zero attached hydrogens (tertiary/aromatic N) is 1. The normalized spacial score (nSPS) is 11.5. The first-order chi connectivity index (χ1) is 6.60. The van der Waals surface area contributed by atoms with Crippen molar-refractivity contribution >= 4 is 14.3 Å². The Balaban J connectivity index is 3.89. The lowest BCUT2D eigenvalue weighted by atomic mass is 10.4. The highest BCUT2D eigenvalue weighted by atomic mass is 28.4. The zero-order chi connectivity index (χ0) is 11.0. The van der Waals surface area contributed by atoms with Gasteiger partial charge in [-0.1, -0.05) is 6.92 Å². The molecular weight excluding hydrogens is 194 g/mol. The minimum Gasteiger partial charge on any atom is -0.398 e. The van der Waals surface area contributed by atoms with Crippen LogP contribution in [0.5, 0.6) is 0 Å². The largest absolute Gasteiger partial charge is 0.398 e. The predicted octanol–water partition coefficient (Wildman–Crippen LogP) is 2.61. The van der Waals surface area contributed by atoms with Crippen molar-refractivity contribution < 1.29 is 8.85 Å². The summed E-state index contributed by atoms with van der Waals surface area (Å²) in [5.41, 5.74) is 1.14. The zero-order valence-electron chi connectivity index (χ0n) is 10.1. The molecule has 0 spiro atoms. The van der Waals surface area contributed by atoms with E-state index >= 15 is 0 Å². The Morgan fingerprint density at radius 1 is 1.21 bits per heavy atom. The molecule has 0 bridgehead atoms. The molecule has 0 aromatic rings. The summed E-state index contributed by atoms with van der Waals surface area (Å²) in [7, 11) is 1.66. The predicted molar refractivity (Wildman–Crippen MR) is 63.3 cm³/mol. The van der Waals surface area contributed by atoms with E-state index in [2.05, 4.69) is 11.9 Å². The van der Waals surface area contributed by atoms with Crippen LogP contribution in [0.15, 0.2) is 4.99 Å². The molecule has 4 heteroatoms. The van der Waals surface area contributed by atoms with Crippen LogP contribution >= 0.6 is 0 Å². The third kappa shape index (κ3) is 4.88. The molecule has 0 heterocycles. The van der Waals surface area contributed by atoms with Crippen LogP contribution in [0.4, 0.5) is 0 Å². The lowest BCUT2D eigenvalue weighted by Crippen LogP contribution is -2.39. The molecule has 0 atom stereocenters. The molecule has 0 radical (unpaired) electrons. The monoisotopic (exact) mass is 217 g/mol. The summed E-state index contributed by atoms with van der Waals surface area (Å²) in [6.45, 7) is 7.08. The molecule has 14 heavy (non-hydrogen) atoms. The first kappa shape index (κ1) is 13.8. The van der Waals surface area contributed by atoms with Crippen LogP contribution in [0.25, 0.3) is 0 Å². The van der Waals surface area contributed by atoms with Gasteiger partial charge >= 0.3 is 8.56 Å². The molecule has 84 valence electrons. The average Bonchev–Trinajstić information content (AvgIpc) is 2.19. The van der Waals surface area contributed by atoms with Crippen molar-refractivity contribution in [1.29, 1.82) is 0 Å². The molecule has 0 fully saturated rings. The molecule has 0 aliphatic carbocycles. The van der Waals surface area contributed by atoms with Crippen molar-refractivity contribution in [2.24, 2.45) is 4.99 Å². The van der Waals surface area contributed by atoms with Gasteiger partial charge in [-0.25, -0.2) is 0 Å². The molecule has 0 N–H and O–H groups in total. The second-order valence-corrected chi connectivity index (χ2v) is 7.45. The topological polar surface area (TPSA) is 30.8 Å². The summed E-state index contributed by atoms with van der Waals surface area (Å²) in [4.78, 5) is 4.36. The zero-order valence-corrected chi connectivity index (χ0v) is 11.1. The molecule has 0 aromatic heterocycles. The van der Waals surface area contributed by atoms with Crippen LogP contribution in [0.2, 0.25) is 12.1 Å². The van der Waals surface area contributed by atoms with Crippen LogP contribution in [0.1, 0.15) is 27.2 Å². The van der Waals surface area contributed by atoms with Crippen molar-refractivity contribution in [3.8, 4) is 0 Å². The molecule has 0 aromatic carbocycles. The fourth-order valence-corrected chi connectivity index (χ4v) is 3.61. The van der Waals surface area contributed by atoms with Gasteiger partial charge in [-0.05, 0) is 32.4 Å². The minimum atomic E-state index is -1.86. The Morgan fingerprint density at radius 2 is 1.79 bits per heavy atom. The lowest BCUT2D eigenvalue weighted by Gasteiger charge is -2.25. The van der Waals surface area contributed by atoms with Gasteiger partial charge in [0.15, 0.2) is 0 Å². The Labute approximate surface area is 88.8 Å². The van der Waals surface area contributed by atoms with Gasteiger partial charge in [0.05, 0.1) is 0 Å². The quantitative estimate of drug-likeness (QED) is 0.373. The van der Waals surface area contributed by atoms with Crippen LogP contribution < -0.4 is 0 Å². The molecule has 0 rings (SSSR count). The molecule has 0 unspecified atom stereocenters. The van der Waals surface area contributed by atoms with Gasteiger partial charge in [0.2, 0.25) is 0 Å². The maximum Gasteiger partial charge on any atom is 0.337 e. The van der Waals surface area contributed by atoms with E-state index in [4.69, 9.17) is 8.85 Å². The summed E-state index contributed by atoms with van der Waals surface area (Å²) in [6, 6.07) is 2.04. The Morgan fingerprint density at radius 3 is 2.14 bits per heavy atom. The van der Waals surface area contributed by atoms with Gasteiger partial charge in [-0.3, -0.25) is 4.99 Å². The SMILES string of the molecule is CC[Si](CCCN=C(C)C)(OC)OC. The number of hydrogen-bond acceptors (Lipinski definition) is 3. The van der Waals surface area contributed by atoms with Gasteiger partial charge in [0.1, 0.15) is 0 Å². The van der Waals surface area contributed by atoms with E-state index in [1.165, 1.54) is 0 Å². The standard InChI is InChI=1S/C10H23NO2Si/c1-6-14(12-4,13-5)9-7-8-11-10(2)3/h6-9H2,1-5H3. The maximum absolute atomic E-state index is 5.51. The van der Waals surface area contributed by atoms with Gasteiger partial charge < -0.3 is 8.85 Å². The Hall–Kier alpha value is -0.193. The highest BCUT2D eigenvalue weighted by molar-refractivity contribution is 6.67. The molecule has 0 amide bonds. The van der Waals surface area contributed by atoms with Gasteiger partial charge in [0.25, 0.3) is 0 Å². The van der Waals surface area contributed by atoms with E-state index in [0.29, 0.717) is 0 Å². The van der Waals surface area contributed by atoms with Crippen LogP contribution in [0.3, 0.4) is 0 Å². The number of hydrogen-bond donors (Lipinski definition) is 0. The van der Waals surface area contributed by atoms with Gasteiger partial charge in [-0.15, -0.1) is 0 Å². The van der Waals surface area contributed by atoms with Gasteiger partial charge in [0, 0.05) is 26.5 Å². The summed E-state index contributed by atoms with van der Waals surface area (Å²) in [5.74, 6) is 0. The number of rotatable bonds is 7. The minimum absolute atomic E-state index is 0.893. The van der Waals surface area contributed by atoms with Crippen LogP contribution in [0, 0.1) is 0 Å². The fourth-order valence-electron chi connectivity index (χ4n) is 1.40. The highest BCUT2D eigenvalue weighted by Crippen LogP contribution is 2.18. The third-order valence-corrected chi connectivity index (χ3v) is 6.11. The van der Waals surface area contributed by atoms with E-state index in [1.54, 1.807) is 14.2 Å². The summed E-state index contributed by atoms with van der Waals surface area (Å²) >= 11 is 0. The van der Waals surface area contributed by atoms with E-state index in [-0.39, 0.29) is 0 Å². The average molecular weight is 217 g/mol. The van der Waals surface area contributed by atoms with Crippen LogP contribution in [-0.2, 0) is 8.85 Å². The molecular formula is C10H23NO2Si. The molecule has 0 saturated carbocycles. The lowest BCUT2D eigenvalue weighted by molar-refractivity contribution is 0.242. The molecule has 0 aliphatic rings. The van der Waals surface area contributed by atoms with Crippen molar-refractivity contribution in [1.82, 2.24) is 0 Å². The number of aliphatic imine (C=N–C) groups is 1. The van der Waals surface area contributed by atoms with Crippen molar-refractivity contribution in [3.63, 3.8) is 0 Å². The van der Waals surface area contributed by atoms with Crippen molar-refractivity contribution in [2.75, 3.05) is 20.8 Å². The Kier molecular flexibility index (Phi) is 7.05. The first-order valence-corrected chi connectivity index (χ1v) is 7.41. The second-order valence-electron chi connectivity index (χ2n) is 3.60. The van der Waals surface area contributed by atoms with Crippen LogP contribution in [-0.4, -0.2) is 35.0 Å². The highest BCUT2D eigenvalue weighted by Gasteiger charge is 2.32.